The van der Waals surface area contributed by atoms with Gasteiger partial charge in [-0.1, -0.05) is 0 Å². The summed E-state index contributed by atoms with van der Waals surface area (Å²) in [7, 11) is 2.69. The summed E-state index contributed by atoms with van der Waals surface area (Å²) in [6.07, 6.45) is 3.18. The van der Waals surface area contributed by atoms with Gasteiger partial charge in [-0.15, -0.1) is 0 Å². The molecule has 182 valence electrons. The molecule has 0 saturated heterocycles. The predicted octanol–water partition coefficient (Wildman–Crippen LogP) is 2.36. The van der Waals surface area contributed by atoms with Gasteiger partial charge in [-0.05, 0) is 12.1 Å². The minimum absolute atomic E-state index is 0.0501. The summed E-state index contributed by atoms with van der Waals surface area (Å²) in [4.78, 5) is 12.3. The highest BCUT2D eigenvalue weighted by Gasteiger charge is 2.20. The smallest absolute Gasteiger partial charge is 0.227 e. The van der Waals surface area contributed by atoms with Crippen LogP contribution in [0.3, 0.4) is 0 Å². The Morgan fingerprint density at radius 2 is 1.76 bits per heavy atom. The van der Waals surface area contributed by atoms with Gasteiger partial charge in [0.25, 0.3) is 0 Å². The van der Waals surface area contributed by atoms with Gasteiger partial charge in [0, 0.05) is 18.7 Å². The first-order valence-corrected chi connectivity index (χ1v) is 10.1. The monoisotopic (exact) mass is 478 g/mol. The summed E-state index contributed by atoms with van der Waals surface area (Å²) >= 11 is 0. The van der Waals surface area contributed by atoms with Crippen LogP contribution in [-0.2, 0) is 18.0 Å². The van der Waals surface area contributed by atoms with E-state index in [0.717, 1.165) is 0 Å². The third-order valence-electron chi connectivity index (χ3n) is 4.49. The van der Waals surface area contributed by atoms with Gasteiger partial charge in [-0.25, -0.2) is 23.7 Å². The Morgan fingerprint density at radius 3 is 2.38 bits per heavy atom. The number of hydrogen-bond donors (Lipinski definition) is 3. The lowest BCUT2D eigenvalue weighted by Gasteiger charge is -2.14. The molecule has 1 aromatic carbocycles. The van der Waals surface area contributed by atoms with E-state index in [-0.39, 0.29) is 47.7 Å². The average molecular weight is 478 g/mol. The van der Waals surface area contributed by atoms with Crippen LogP contribution in [0.4, 0.5) is 20.4 Å². The Hall–Kier alpha value is -3.61. The number of nitrogens with zero attached hydrogens (tertiary/aromatic N) is 3. The number of ether oxygens (including phenoxy) is 4. The molecule has 0 aliphatic rings. The molecule has 2 heterocycles. The lowest BCUT2D eigenvalue weighted by Crippen LogP contribution is -2.21. The van der Waals surface area contributed by atoms with Crippen molar-refractivity contribution < 1.29 is 37.9 Å². The standard InChI is InChI=1S/C22H24F2N4O6/c1-31-10-13-5-18(32-2)21(24)17(20(13)23)12-33-16-7-26-22(27-8-16)28-14-3-4-19(25-6-14)34-11-15(30)9-29/h3-8,15,29-30H,9-12H2,1-2H3,(H,26,27,28)/t15-/m0/s1. The molecule has 34 heavy (non-hydrogen) atoms. The Bertz CT molecular complexity index is 1070. The van der Waals surface area contributed by atoms with Gasteiger partial charge in [0.2, 0.25) is 11.8 Å². The fraction of sp³-hybridized carbons (Fsp3) is 0.318. The number of halogens is 2. The van der Waals surface area contributed by atoms with E-state index in [2.05, 4.69) is 20.3 Å². The largest absolute Gasteiger partial charge is 0.494 e. The molecule has 10 nitrogen and oxygen atoms in total. The summed E-state index contributed by atoms with van der Waals surface area (Å²) in [5, 5.41) is 21.0. The van der Waals surface area contributed by atoms with Crippen LogP contribution in [-0.4, -0.2) is 58.7 Å². The zero-order chi connectivity index (χ0) is 24.5. The molecule has 0 bridgehead atoms. The summed E-state index contributed by atoms with van der Waals surface area (Å²) in [6.45, 7) is -0.948. The van der Waals surface area contributed by atoms with Crippen LogP contribution in [0.1, 0.15) is 11.1 Å². The van der Waals surface area contributed by atoms with E-state index >= 15 is 0 Å². The summed E-state index contributed by atoms with van der Waals surface area (Å²) in [6, 6.07) is 4.47. The normalized spacial score (nSPS) is 11.7. The highest BCUT2D eigenvalue weighted by Crippen LogP contribution is 2.28. The number of aliphatic hydroxyl groups excluding tert-OH is 2. The average Bonchev–Trinajstić information content (AvgIpc) is 2.86. The number of aromatic nitrogens is 3. The van der Waals surface area contributed by atoms with Gasteiger partial charge < -0.3 is 34.5 Å². The Morgan fingerprint density at radius 1 is 1.00 bits per heavy atom. The molecular formula is C22H24F2N4O6. The van der Waals surface area contributed by atoms with E-state index < -0.39 is 31.0 Å². The van der Waals surface area contributed by atoms with Gasteiger partial charge in [-0.3, -0.25) is 0 Å². The van der Waals surface area contributed by atoms with Gasteiger partial charge in [0.05, 0.1) is 50.2 Å². The first-order valence-electron chi connectivity index (χ1n) is 10.1. The van der Waals surface area contributed by atoms with Crippen molar-refractivity contribution in [2.24, 2.45) is 0 Å². The van der Waals surface area contributed by atoms with Crippen LogP contribution in [0.25, 0.3) is 0 Å². The number of pyridine rings is 1. The topological polar surface area (TPSA) is 128 Å². The first kappa shape index (κ1) is 25.0. The molecule has 3 N–H and O–H groups in total. The van der Waals surface area contributed by atoms with Crippen LogP contribution < -0.4 is 19.5 Å². The molecule has 0 amide bonds. The maximum absolute atomic E-state index is 14.6. The highest BCUT2D eigenvalue weighted by atomic mass is 19.1. The predicted molar refractivity (Wildman–Crippen MR) is 116 cm³/mol. The molecule has 0 aliphatic carbocycles. The Balaban J connectivity index is 1.61. The molecule has 0 saturated carbocycles. The van der Waals surface area contributed by atoms with Crippen LogP contribution >= 0.6 is 0 Å². The van der Waals surface area contributed by atoms with Crippen molar-refractivity contribution in [3.8, 4) is 17.4 Å². The molecule has 0 spiro atoms. The van der Waals surface area contributed by atoms with Crippen LogP contribution in [0.2, 0.25) is 0 Å². The van der Waals surface area contributed by atoms with E-state index in [1.807, 2.05) is 0 Å². The molecule has 3 aromatic rings. The van der Waals surface area contributed by atoms with E-state index in [9.17, 15) is 13.9 Å². The third kappa shape index (κ3) is 6.47. The maximum atomic E-state index is 14.6. The van der Waals surface area contributed by atoms with Gasteiger partial charge in [0.1, 0.15) is 25.1 Å². The van der Waals surface area contributed by atoms with E-state index in [4.69, 9.17) is 24.1 Å². The third-order valence-corrected chi connectivity index (χ3v) is 4.49. The lowest BCUT2D eigenvalue weighted by molar-refractivity contribution is 0.0521. The molecular weight excluding hydrogens is 454 g/mol. The summed E-state index contributed by atoms with van der Waals surface area (Å²) < 4.78 is 49.8. The molecule has 12 heteroatoms. The van der Waals surface area contributed by atoms with Gasteiger partial charge in [-0.2, -0.15) is 0 Å². The van der Waals surface area contributed by atoms with Crippen molar-refractivity contribution in [1.29, 1.82) is 0 Å². The van der Waals surface area contributed by atoms with E-state index in [1.165, 1.54) is 38.9 Å². The fourth-order valence-electron chi connectivity index (χ4n) is 2.77. The molecule has 0 fully saturated rings. The van der Waals surface area contributed by atoms with Crippen molar-refractivity contribution in [3.63, 3.8) is 0 Å². The molecule has 0 aliphatic heterocycles. The fourth-order valence-corrected chi connectivity index (χ4v) is 2.77. The van der Waals surface area contributed by atoms with Crippen molar-refractivity contribution >= 4 is 11.6 Å². The summed E-state index contributed by atoms with van der Waals surface area (Å²) in [5.41, 5.74) is 0.410. The second kappa shape index (κ2) is 12.0. The number of anilines is 2. The first-order chi connectivity index (χ1) is 16.4. The molecule has 2 aromatic heterocycles. The summed E-state index contributed by atoms with van der Waals surface area (Å²) in [5.74, 6) is -1.04. The second-order valence-corrected chi connectivity index (χ2v) is 6.97. The quantitative estimate of drug-likeness (QED) is 0.357. The Labute approximate surface area is 194 Å². The Kier molecular flexibility index (Phi) is 8.85. The van der Waals surface area contributed by atoms with E-state index in [0.29, 0.717) is 5.69 Å². The molecule has 3 rings (SSSR count). The van der Waals surface area contributed by atoms with Crippen molar-refractivity contribution in [2.75, 3.05) is 32.8 Å². The zero-order valence-electron chi connectivity index (χ0n) is 18.5. The van der Waals surface area contributed by atoms with Crippen molar-refractivity contribution in [1.82, 2.24) is 15.0 Å². The zero-order valence-corrected chi connectivity index (χ0v) is 18.5. The lowest BCUT2D eigenvalue weighted by atomic mass is 10.1. The number of rotatable bonds is 12. The van der Waals surface area contributed by atoms with Crippen LogP contribution in [0.5, 0.6) is 17.4 Å². The minimum Gasteiger partial charge on any atom is -0.494 e. The van der Waals surface area contributed by atoms with Gasteiger partial charge in [0.15, 0.2) is 17.3 Å². The van der Waals surface area contributed by atoms with Crippen LogP contribution in [0.15, 0.2) is 36.8 Å². The van der Waals surface area contributed by atoms with Crippen LogP contribution in [0, 0.1) is 11.6 Å². The van der Waals surface area contributed by atoms with E-state index in [1.54, 1.807) is 12.1 Å². The number of benzene rings is 1. The SMILES string of the molecule is COCc1cc(OC)c(F)c(COc2cnc(Nc3ccc(OC[C@@H](O)CO)nc3)nc2)c1F. The molecule has 0 unspecified atom stereocenters. The maximum Gasteiger partial charge on any atom is 0.227 e. The second-order valence-electron chi connectivity index (χ2n) is 6.97. The highest BCUT2D eigenvalue weighted by molar-refractivity contribution is 5.52. The van der Waals surface area contributed by atoms with Crippen molar-refractivity contribution in [3.05, 3.63) is 59.6 Å². The van der Waals surface area contributed by atoms with Crippen molar-refractivity contribution in [2.45, 2.75) is 19.3 Å². The minimum atomic E-state index is -0.988. The number of nitrogens with one attached hydrogen (secondary N) is 1. The molecule has 0 radical (unpaired) electrons. The van der Waals surface area contributed by atoms with Gasteiger partial charge >= 0.3 is 0 Å². The molecule has 1 atom stereocenters. The number of hydrogen-bond acceptors (Lipinski definition) is 10. The number of methoxy groups -OCH3 is 2. The number of aliphatic hydroxyl groups is 2.